The molecule has 0 saturated carbocycles. The van der Waals surface area contributed by atoms with Gasteiger partial charge in [0.2, 0.25) is 5.91 Å². The van der Waals surface area contributed by atoms with Crippen LogP contribution in [0.2, 0.25) is 0 Å². The summed E-state index contributed by atoms with van der Waals surface area (Å²) in [6.45, 7) is 3.45. The van der Waals surface area contributed by atoms with Gasteiger partial charge in [0.25, 0.3) is 0 Å². The lowest BCUT2D eigenvalue weighted by atomic mass is 10.0. The first-order chi connectivity index (χ1) is 8.04. The van der Waals surface area contributed by atoms with Crippen LogP contribution in [-0.4, -0.2) is 28.8 Å². The molecule has 0 aliphatic carbocycles. The molecular formula is C13H19NO3. The Morgan fingerprint density at radius 3 is 2.71 bits per heavy atom. The number of carbonyl (C=O) groups excluding carboxylic acids is 1. The van der Waals surface area contributed by atoms with E-state index in [1.54, 1.807) is 6.07 Å². The minimum atomic E-state index is -0.994. The summed E-state index contributed by atoms with van der Waals surface area (Å²) in [6, 6.07) is 7.45. The number of nitrogens with one attached hydrogen (secondary N) is 1. The molecule has 0 fully saturated rings. The van der Waals surface area contributed by atoms with Crippen molar-refractivity contribution in [3.05, 3.63) is 35.4 Å². The van der Waals surface area contributed by atoms with Crippen LogP contribution in [0.5, 0.6) is 0 Å². The molecule has 4 nitrogen and oxygen atoms in total. The fourth-order valence-electron chi connectivity index (χ4n) is 1.58. The number of rotatable bonds is 5. The molecule has 0 aromatic heterocycles. The molecule has 1 aromatic carbocycles. The summed E-state index contributed by atoms with van der Waals surface area (Å²) < 4.78 is 0. The maximum atomic E-state index is 10.7. The van der Waals surface area contributed by atoms with Gasteiger partial charge in [-0.15, -0.1) is 0 Å². The predicted octanol–water partition coefficient (Wildman–Crippen LogP) is 0.779. The predicted molar refractivity (Wildman–Crippen MR) is 65.5 cm³/mol. The van der Waals surface area contributed by atoms with Crippen molar-refractivity contribution in [2.75, 3.05) is 6.54 Å². The molecule has 1 amide bonds. The molecule has 0 bridgehead atoms. The van der Waals surface area contributed by atoms with Crippen molar-refractivity contribution in [2.24, 2.45) is 0 Å². The lowest BCUT2D eigenvalue weighted by molar-refractivity contribution is -0.119. The van der Waals surface area contributed by atoms with Crippen molar-refractivity contribution in [2.45, 2.75) is 32.5 Å². The SMILES string of the molecule is CCc1cccc(C(O)C(O)CNC(C)=O)c1. The summed E-state index contributed by atoms with van der Waals surface area (Å²) in [5, 5.41) is 22.1. The topological polar surface area (TPSA) is 69.6 Å². The monoisotopic (exact) mass is 237 g/mol. The van der Waals surface area contributed by atoms with Gasteiger partial charge in [-0.25, -0.2) is 0 Å². The number of hydrogen-bond donors (Lipinski definition) is 3. The van der Waals surface area contributed by atoms with E-state index in [4.69, 9.17) is 0 Å². The van der Waals surface area contributed by atoms with E-state index in [1.165, 1.54) is 6.92 Å². The molecule has 0 saturated heterocycles. The number of aliphatic hydroxyl groups excluding tert-OH is 2. The van der Waals surface area contributed by atoms with Crippen molar-refractivity contribution in [1.82, 2.24) is 5.32 Å². The zero-order chi connectivity index (χ0) is 12.8. The van der Waals surface area contributed by atoms with Gasteiger partial charge in [-0.3, -0.25) is 4.79 Å². The molecular weight excluding hydrogens is 218 g/mol. The third-order valence-electron chi connectivity index (χ3n) is 2.63. The third kappa shape index (κ3) is 4.17. The van der Waals surface area contributed by atoms with E-state index in [2.05, 4.69) is 5.32 Å². The average Bonchev–Trinajstić information content (AvgIpc) is 2.35. The minimum absolute atomic E-state index is 0.0485. The van der Waals surface area contributed by atoms with Crippen molar-refractivity contribution >= 4 is 5.91 Å². The Kier molecular flexibility index (Phi) is 5.12. The standard InChI is InChI=1S/C13H19NO3/c1-3-10-5-4-6-11(7-10)13(17)12(16)8-14-9(2)15/h4-7,12-13,16-17H,3,8H2,1-2H3,(H,14,15). The van der Waals surface area contributed by atoms with Crippen LogP contribution in [0.3, 0.4) is 0 Å². The molecule has 0 aliphatic rings. The highest BCUT2D eigenvalue weighted by Crippen LogP contribution is 2.18. The van der Waals surface area contributed by atoms with Gasteiger partial charge in [0.15, 0.2) is 0 Å². The summed E-state index contributed by atoms with van der Waals surface area (Å²) in [7, 11) is 0. The van der Waals surface area contributed by atoms with Crippen LogP contribution in [0, 0.1) is 0 Å². The van der Waals surface area contributed by atoms with Gasteiger partial charge in [0.05, 0.1) is 0 Å². The second kappa shape index (κ2) is 6.37. The van der Waals surface area contributed by atoms with E-state index < -0.39 is 12.2 Å². The number of aryl methyl sites for hydroxylation is 1. The van der Waals surface area contributed by atoms with Gasteiger partial charge < -0.3 is 15.5 Å². The van der Waals surface area contributed by atoms with Gasteiger partial charge in [0, 0.05) is 13.5 Å². The van der Waals surface area contributed by atoms with Crippen LogP contribution in [-0.2, 0) is 11.2 Å². The summed E-state index contributed by atoms with van der Waals surface area (Å²) >= 11 is 0. The molecule has 1 rings (SSSR count). The average molecular weight is 237 g/mol. The molecule has 94 valence electrons. The van der Waals surface area contributed by atoms with Gasteiger partial charge in [-0.1, -0.05) is 31.2 Å². The number of hydrogen-bond acceptors (Lipinski definition) is 3. The Morgan fingerprint density at radius 1 is 1.41 bits per heavy atom. The van der Waals surface area contributed by atoms with Crippen molar-refractivity contribution < 1.29 is 15.0 Å². The maximum absolute atomic E-state index is 10.7. The number of carbonyl (C=O) groups is 1. The molecule has 1 aromatic rings. The van der Waals surface area contributed by atoms with Crippen molar-refractivity contribution in [3.8, 4) is 0 Å². The number of amides is 1. The Bertz CT molecular complexity index is 379. The van der Waals surface area contributed by atoms with Crippen molar-refractivity contribution in [1.29, 1.82) is 0 Å². The third-order valence-corrected chi connectivity index (χ3v) is 2.63. The van der Waals surface area contributed by atoms with Crippen LogP contribution < -0.4 is 5.32 Å². The van der Waals surface area contributed by atoms with Crippen LogP contribution >= 0.6 is 0 Å². The molecule has 3 N–H and O–H groups in total. The quantitative estimate of drug-likeness (QED) is 0.708. The van der Waals surface area contributed by atoms with Crippen LogP contribution in [0.1, 0.15) is 31.1 Å². The number of benzene rings is 1. The van der Waals surface area contributed by atoms with E-state index in [0.29, 0.717) is 5.56 Å². The van der Waals surface area contributed by atoms with E-state index in [-0.39, 0.29) is 12.5 Å². The highest BCUT2D eigenvalue weighted by atomic mass is 16.3. The molecule has 2 atom stereocenters. The van der Waals surface area contributed by atoms with E-state index in [1.807, 2.05) is 25.1 Å². The normalized spacial score (nSPS) is 14.1. The van der Waals surface area contributed by atoms with Crippen molar-refractivity contribution in [3.63, 3.8) is 0 Å². The molecule has 0 heterocycles. The van der Waals surface area contributed by atoms with Crippen LogP contribution in [0.15, 0.2) is 24.3 Å². The smallest absolute Gasteiger partial charge is 0.216 e. The summed E-state index contributed by atoms with van der Waals surface area (Å²) in [6.07, 6.45) is -1.10. The molecule has 0 radical (unpaired) electrons. The number of aliphatic hydroxyl groups is 2. The van der Waals surface area contributed by atoms with Gasteiger partial charge in [0.1, 0.15) is 12.2 Å². The fraction of sp³-hybridized carbons (Fsp3) is 0.462. The Labute approximate surface area is 101 Å². The Hall–Kier alpha value is -1.39. The first-order valence-corrected chi connectivity index (χ1v) is 5.74. The minimum Gasteiger partial charge on any atom is -0.388 e. The lowest BCUT2D eigenvalue weighted by Crippen LogP contribution is -2.34. The van der Waals surface area contributed by atoms with E-state index in [0.717, 1.165) is 12.0 Å². The Balaban J connectivity index is 2.66. The fourth-order valence-corrected chi connectivity index (χ4v) is 1.58. The zero-order valence-corrected chi connectivity index (χ0v) is 10.2. The first kappa shape index (κ1) is 13.7. The maximum Gasteiger partial charge on any atom is 0.216 e. The van der Waals surface area contributed by atoms with E-state index in [9.17, 15) is 15.0 Å². The summed E-state index contributed by atoms with van der Waals surface area (Å²) in [5.74, 6) is -0.224. The van der Waals surface area contributed by atoms with Crippen LogP contribution in [0.25, 0.3) is 0 Å². The highest BCUT2D eigenvalue weighted by molar-refractivity contribution is 5.72. The zero-order valence-electron chi connectivity index (χ0n) is 10.2. The lowest BCUT2D eigenvalue weighted by Gasteiger charge is -2.18. The Morgan fingerprint density at radius 2 is 2.12 bits per heavy atom. The molecule has 4 heteroatoms. The summed E-state index contributed by atoms with van der Waals surface area (Å²) in [4.78, 5) is 10.7. The van der Waals surface area contributed by atoms with Gasteiger partial charge in [-0.05, 0) is 17.5 Å². The van der Waals surface area contributed by atoms with Gasteiger partial charge in [-0.2, -0.15) is 0 Å². The van der Waals surface area contributed by atoms with E-state index >= 15 is 0 Å². The molecule has 0 aliphatic heterocycles. The molecule has 17 heavy (non-hydrogen) atoms. The second-order valence-corrected chi connectivity index (χ2v) is 4.05. The molecule has 2 unspecified atom stereocenters. The summed E-state index contributed by atoms with van der Waals surface area (Å²) in [5.41, 5.74) is 1.77. The highest BCUT2D eigenvalue weighted by Gasteiger charge is 2.18. The molecule has 0 spiro atoms. The second-order valence-electron chi connectivity index (χ2n) is 4.05. The first-order valence-electron chi connectivity index (χ1n) is 5.74. The van der Waals surface area contributed by atoms with Gasteiger partial charge >= 0.3 is 0 Å². The van der Waals surface area contributed by atoms with Crippen LogP contribution in [0.4, 0.5) is 0 Å². The largest absolute Gasteiger partial charge is 0.388 e.